The van der Waals surface area contributed by atoms with Gasteiger partial charge in [-0.2, -0.15) is 0 Å². The molecular formula is C29H31N3O4. The number of anilines is 1. The molecule has 0 fully saturated rings. The van der Waals surface area contributed by atoms with Crippen molar-refractivity contribution < 1.29 is 19.4 Å². The van der Waals surface area contributed by atoms with Crippen LogP contribution < -0.4 is 5.32 Å². The molecule has 7 heteroatoms. The second-order valence-electron chi connectivity index (χ2n) is 8.64. The minimum Gasteiger partial charge on any atom is -0.442 e. The van der Waals surface area contributed by atoms with Gasteiger partial charge in [0.1, 0.15) is 5.76 Å². The number of aliphatic hydroxyl groups excluding tert-OH is 2. The molecule has 186 valence electrons. The zero-order valence-corrected chi connectivity index (χ0v) is 20.1. The van der Waals surface area contributed by atoms with Crippen LogP contribution in [0.3, 0.4) is 0 Å². The van der Waals surface area contributed by atoms with Gasteiger partial charge in [-0.3, -0.25) is 9.69 Å². The third-order valence-corrected chi connectivity index (χ3v) is 5.92. The third-order valence-electron chi connectivity index (χ3n) is 5.92. The molecule has 0 spiro atoms. The average Bonchev–Trinajstić information content (AvgIpc) is 3.40. The van der Waals surface area contributed by atoms with E-state index in [4.69, 9.17) is 4.42 Å². The SMILES string of the molecule is O=C(CCN(CCc1cnc(C(O)c2ccccc2)o1)Cc1ccccc1)Nc1ccc(CO)cc1. The Kier molecular flexibility index (Phi) is 8.99. The minimum absolute atomic E-state index is 0.0272. The quantitative estimate of drug-likeness (QED) is 0.276. The number of nitrogens with one attached hydrogen (secondary N) is 1. The maximum Gasteiger partial charge on any atom is 0.227 e. The summed E-state index contributed by atoms with van der Waals surface area (Å²) in [5.41, 5.74) is 3.40. The number of nitrogens with zero attached hydrogens (tertiary/aromatic N) is 2. The number of amides is 1. The van der Waals surface area contributed by atoms with Gasteiger partial charge in [-0.25, -0.2) is 4.98 Å². The lowest BCUT2D eigenvalue weighted by Crippen LogP contribution is -2.29. The van der Waals surface area contributed by atoms with Crippen LogP contribution in [0.1, 0.15) is 40.9 Å². The van der Waals surface area contributed by atoms with Gasteiger partial charge in [-0.05, 0) is 28.8 Å². The molecule has 0 aliphatic rings. The van der Waals surface area contributed by atoms with E-state index >= 15 is 0 Å². The van der Waals surface area contributed by atoms with Crippen LogP contribution in [0.5, 0.6) is 0 Å². The third kappa shape index (κ3) is 7.36. The molecule has 0 aliphatic carbocycles. The fraction of sp³-hybridized carbons (Fsp3) is 0.241. The predicted molar refractivity (Wildman–Crippen MR) is 138 cm³/mol. The number of hydrogen-bond donors (Lipinski definition) is 3. The Labute approximate surface area is 211 Å². The molecule has 1 aromatic heterocycles. The first-order valence-corrected chi connectivity index (χ1v) is 12.0. The molecule has 0 bridgehead atoms. The van der Waals surface area contributed by atoms with Crippen molar-refractivity contribution >= 4 is 11.6 Å². The monoisotopic (exact) mass is 485 g/mol. The van der Waals surface area contributed by atoms with Crippen LogP contribution >= 0.6 is 0 Å². The highest BCUT2D eigenvalue weighted by atomic mass is 16.4. The molecule has 0 saturated heterocycles. The van der Waals surface area contributed by atoms with Crippen molar-refractivity contribution in [2.24, 2.45) is 0 Å². The molecule has 3 N–H and O–H groups in total. The smallest absolute Gasteiger partial charge is 0.227 e. The van der Waals surface area contributed by atoms with E-state index in [0.717, 1.165) is 16.7 Å². The number of aromatic nitrogens is 1. The number of carbonyl (C=O) groups excluding carboxylic acids is 1. The molecule has 3 aromatic carbocycles. The Morgan fingerprint density at radius 2 is 1.61 bits per heavy atom. The first-order valence-electron chi connectivity index (χ1n) is 12.0. The number of oxazole rings is 1. The Hall–Kier alpha value is -3.78. The summed E-state index contributed by atoms with van der Waals surface area (Å²) in [6.07, 6.45) is 1.69. The molecule has 1 amide bonds. The molecule has 1 atom stereocenters. The number of hydrogen-bond acceptors (Lipinski definition) is 6. The van der Waals surface area contributed by atoms with Crippen LogP contribution in [-0.4, -0.2) is 39.1 Å². The van der Waals surface area contributed by atoms with E-state index < -0.39 is 6.10 Å². The number of carbonyl (C=O) groups is 1. The van der Waals surface area contributed by atoms with Gasteiger partial charge in [0.25, 0.3) is 0 Å². The minimum atomic E-state index is -0.907. The molecular weight excluding hydrogens is 454 g/mol. The average molecular weight is 486 g/mol. The van der Waals surface area contributed by atoms with Crippen LogP contribution in [0.15, 0.2) is 95.5 Å². The van der Waals surface area contributed by atoms with Crippen molar-refractivity contribution in [2.45, 2.75) is 32.1 Å². The fourth-order valence-electron chi connectivity index (χ4n) is 3.90. The first kappa shape index (κ1) is 25.3. The summed E-state index contributed by atoms with van der Waals surface area (Å²) in [5.74, 6) is 0.890. The van der Waals surface area contributed by atoms with Gasteiger partial charge in [0.15, 0.2) is 6.10 Å². The van der Waals surface area contributed by atoms with E-state index in [0.29, 0.717) is 43.9 Å². The number of rotatable bonds is 12. The lowest BCUT2D eigenvalue weighted by molar-refractivity contribution is -0.116. The molecule has 1 heterocycles. The fourth-order valence-corrected chi connectivity index (χ4v) is 3.90. The molecule has 0 radical (unpaired) electrons. The van der Waals surface area contributed by atoms with Crippen LogP contribution in [-0.2, 0) is 24.4 Å². The molecule has 4 rings (SSSR count). The summed E-state index contributed by atoms with van der Waals surface area (Å²) >= 11 is 0. The van der Waals surface area contributed by atoms with E-state index in [9.17, 15) is 15.0 Å². The zero-order valence-electron chi connectivity index (χ0n) is 20.1. The van der Waals surface area contributed by atoms with Gasteiger partial charge in [-0.15, -0.1) is 0 Å². The van der Waals surface area contributed by atoms with E-state index in [1.807, 2.05) is 48.5 Å². The lowest BCUT2D eigenvalue weighted by Gasteiger charge is -2.22. The summed E-state index contributed by atoms with van der Waals surface area (Å²) in [7, 11) is 0. The van der Waals surface area contributed by atoms with Crippen molar-refractivity contribution in [1.82, 2.24) is 9.88 Å². The van der Waals surface area contributed by atoms with E-state index in [1.165, 1.54) is 0 Å². The van der Waals surface area contributed by atoms with Crippen molar-refractivity contribution in [3.8, 4) is 0 Å². The number of aliphatic hydroxyl groups is 2. The lowest BCUT2D eigenvalue weighted by atomic mass is 10.1. The Morgan fingerprint density at radius 3 is 2.31 bits per heavy atom. The molecule has 36 heavy (non-hydrogen) atoms. The standard InChI is InChI=1S/C29H31N3O4/c33-21-23-11-13-25(14-12-23)31-27(34)16-18-32(20-22-7-3-1-4-8-22)17-15-26-19-30-29(36-26)28(35)24-9-5-2-6-10-24/h1-14,19,28,33,35H,15-18,20-21H2,(H,31,34). The van der Waals surface area contributed by atoms with Crippen LogP contribution in [0.2, 0.25) is 0 Å². The summed E-state index contributed by atoms with van der Waals surface area (Å²) in [6.45, 7) is 1.92. The topological polar surface area (TPSA) is 98.8 Å². The summed E-state index contributed by atoms with van der Waals surface area (Å²) in [5, 5.41) is 22.6. The highest BCUT2D eigenvalue weighted by Gasteiger charge is 2.17. The number of benzene rings is 3. The molecule has 1 unspecified atom stereocenters. The normalized spacial score (nSPS) is 12.0. The van der Waals surface area contributed by atoms with Gasteiger partial charge in [-0.1, -0.05) is 72.8 Å². The highest BCUT2D eigenvalue weighted by Crippen LogP contribution is 2.21. The van der Waals surface area contributed by atoms with Crippen LogP contribution in [0, 0.1) is 0 Å². The maximum absolute atomic E-state index is 12.6. The van der Waals surface area contributed by atoms with Crippen LogP contribution in [0.4, 0.5) is 5.69 Å². The second-order valence-corrected chi connectivity index (χ2v) is 8.64. The Morgan fingerprint density at radius 1 is 0.917 bits per heavy atom. The van der Waals surface area contributed by atoms with Gasteiger partial charge < -0.3 is 19.9 Å². The molecule has 0 saturated carbocycles. The predicted octanol–water partition coefficient (Wildman–Crippen LogP) is 4.32. The van der Waals surface area contributed by atoms with Crippen molar-refractivity contribution in [2.75, 3.05) is 18.4 Å². The van der Waals surface area contributed by atoms with Gasteiger partial charge in [0, 0.05) is 38.2 Å². The van der Waals surface area contributed by atoms with Gasteiger partial charge >= 0.3 is 0 Å². The Bertz CT molecular complexity index is 1210. The van der Waals surface area contributed by atoms with E-state index in [-0.39, 0.29) is 18.4 Å². The molecule has 0 aliphatic heterocycles. The molecule has 4 aromatic rings. The van der Waals surface area contributed by atoms with Crippen molar-refractivity contribution in [3.63, 3.8) is 0 Å². The van der Waals surface area contributed by atoms with Gasteiger partial charge in [0.2, 0.25) is 11.8 Å². The summed E-state index contributed by atoms with van der Waals surface area (Å²) in [4.78, 5) is 19.0. The largest absolute Gasteiger partial charge is 0.442 e. The zero-order chi connectivity index (χ0) is 25.2. The molecule has 7 nitrogen and oxygen atoms in total. The second kappa shape index (κ2) is 12.8. The highest BCUT2D eigenvalue weighted by molar-refractivity contribution is 5.90. The van der Waals surface area contributed by atoms with Crippen LogP contribution in [0.25, 0.3) is 0 Å². The van der Waals surface area contributed by atoms with E-state index in [2.05, 4.69) is 27.3 Å². The van der Waals surface area contributed by atoms with E-state index in [1.54, 1.807) is 30.5 Å². The van der Waals surface area contributed by atoms with Gasteiger partial charge in [0.05, 0.1) is 12.8 Å². The van der Waals surface area contributed by atoms with Crippen molar-refractivity contribution in [3.05, 3.63) is 119 Å². The summed E-state index contributed by atoms with van der Waals surface area (Å²) in [6, 6.07) is 26.6. The maximum atomic E-state index is 12.6. The first-order chi connectivity index (χ1) is 17.6. The summed E-state index contributed by atoms with van der Waals surface area (Å²) < 4.78 is 5.84. The Balaban J connectivity index is 1.35. The van der Waals surface area contributed by atoms with Crippen molar-refractivity contribution in [1.29, 1.82) is 0 Å².